The molecule has 0 aliphatic rings. The van der Waals surface area contributed by atoms with E-state index >= 15 is 0 Å². The van der Waals surface area contributed by atoms with E-state index in [4.69, 9.17) is 0 Å². The van der Waals surface area contributed by atoms with Gasteiger partial charge in [0, 0.05) is 13.1 Å². The van der Waals surface area contributed by atoms with Crippen LogP contribution in [-0.2, 0) is 0 Å². The smallest absolute Gasteiger partial charge is 0.0110 e. The van der Waals surface area contributed by atoms with Crippen molar-refractivity contribution in [1.82, 2.24) is 4.31 Å². The van der Waals surface area contributed by atoms with Crippen LogP contribution in [0.15, 0.2) is 0 Å². The molecule has 0 fully saturated rings. The third-order valence-electron chi connectivity index (χ3n) is 2.85. The molecule has 0 saturated heterocycles. The highest BCUT2D eigenvalue weighted by atomic mass is 32.1. The predicted molar refractivity (Wildman–Crippen MR) is 78.0 cm³/mol. The summed E-state index contributed by atoms with van der Waals surface area (Å²) in [5, 5.41) is 0. The maximum Gasteiger partial charge on any atom is 0.0110 e. The molecule has 0 N–H and O–H groups in total. The molecule has 0 aliphatic carbocycles. The molecule has 0 aromatic rings. The van der Waals surface area contributed by atoms with Gasteiger partial charge in [-0.1, -0.05) is 78.5 Å². The van der Waals surface area contributed by atoms with Crippen molar-refractivity contribution >= 4 is 12.8 Å². The zero-order valence-electron chi connectivity index (χ0n) is 11.5. The first-order valence-corrected chi connectivity index (χ1v) is 7.50. The number of thiol groups is 1. The lowest BCUT2D eigenvalue weighted by molar-refractivity contribution is 0.396. The molecule has 1 nitrogen and oxygen atoms in total. The molecule has 0 aromatic carbocycles. The van der Waals surface area contributed by atoms with Crippen molar-refractivity contribution in [2.75, 3.05) is 13.1 Å². The Balaban J connectivity index is 3.08. The Morgan fingerprint density at radius 3 is 1.88 bits per heavy atom. The largest absolute Gasteiger partial charge is 0.253 e. The first-order valence-electron chi connectivity index (χ1n) is 7.10. The van der Waals surface area contributed by atoms with E-state index in [0.717, 1.165) is 19.0 Å². The average Bonchev–Trinajstić information content (AvgIpc) is 2.21. The number of hydrogen-bond donors (Lipinski definition) is 1. The van der Waals surface area contributed by atoms with Gasteiger partial charge in [-0.25, -0.2) is 0 Å². The van der Waals surface area contributed by atoms with Gasteiger partial charge in [0.1, 0.15) is 0 Å². The van der Waals surface area contributed by atoms with E-state index in [9.17, 15) is 0 Å². The summed E-state index contributed by atoms with van der Waals surface area (Å²) in [4.78, 5) is 0. The number of unbranched alkanes of at least 4 members (excludes halogenated alkanes) is 7. The highest BCUT2D eigenvalue weighted by molar-refractivity contribution is 7.77. The fraction of sp³-hybridized carbons (Fsp3) is 1.00. The number of nitrogens with zero attached hydrogens (tertiary/aromatic N) is 1. The van der Waals surface area contributed by atoms with Crippen molar-refractivity contribution < 1.29 is 0 Å². The standard InChI is InChI=1S/C14H31NS/c1-4-5-6-7-8-9-10-11-12-15(16)13-14(2)3/h14,16H,4-13H2,1-3H3. The minimum absolute atomic E-state index is 0.728. The van der Waals surface area contributed by atoms with Crippen LogP contribution in [0.1, 0.15) is 72.1 Å². The van der Waals surface area contributed by atoms with E-state index < -0.39 is 0 Å². The molecule has 0 rings (SSSR count). The summed E-state index contributed by atoms with van der Waals surface area (Å²) < 4.78 is 2.17. The minimum Gasteiger partial charge on any atom is -0.253 e. The van der Waals surface area contributed by atoms with Crippen LogP contribution in [0, 0.1) is 5.92 Å². The van der Waals surface area contributed by atoms with Gasteiger partial charge in [0.2, 0.25) is 0 Å². The van der Waals surface area contributed by atoms with Crippen LogP contribution in [0.3, 0.4) is 0 Å². The van der Waals surface area contributed by atoms with Crippen LogP contribution in [0.5, 0.6) is 0 Å². The molecule has 98 valence electrons. The van der Waals surface area contributed by atoms with Gasteiger partial charge in [0.15, 0.2) is 0 Å². The van der Waals surface area contributed by atoms with Crippen molar-refractivity contribution in [2.24, 2.45) is 5.92 Å². The van der Waals surface area contributed by atoms with Crippen molar-refractivity contribution in [3.63, 3.8) is 0 Å². The van der Waals surface area contributed by atoms with E-state index in [1.54, 1.807) is 0 Å². The Morgan fingerprint density at radius 2 is 1.38 bits per heavy atom. The summed E-state index contributed by atoms with van der Waals surface area (Å²) in [6.07, 6.45) is 11.2. The Kier molecular flexibility index (Phi) is 12.0. The van der Waals surface area contributed by atoms with Gasteiger partial charge in [-0.15, -0.1) is 0 Å². The quantitative estimate of drug-likeness (QED) is 0.399. The highest BCUT2D eigenvalue weighted by Crippen LogP contribution is 2.10. The molecular formula is C14H31NS. The van der Waals surface area contributed by atoms with Gasteiger partial charge in [0.05, 0.1) is 0 Å². The van der Waals surface area contributed by atoms with Gasteiger partial charge in [0.25, 0.3) is 0 Å². The van der Waals surface area contributed by atoms with Crippen molar-refractivity contribution in [1.29, 1.82) is 0 Å². The lowest BCUT2D eigenvalue weighted by atomic mass is 10.1. The predicted octanol–water partition coefficient (Wildman–Crippen LogP) is 4.93. The van der Waals surface area contributed by atoms with Gasteiger partial charge in [-0.3, -0.25) is 4.31 Å². The Labute approximate surface area is 109 Å². The lowest BCUT2D eigenvalue weighted by Gasteiger charge is -2.17. The zero-order valence-corrected chi connectivity index (χ0v) is 12.4. The summed E-state index contributed by atoms with van der Waals surface area (Å²) in [5.41, 5.74) is 0. The summed E-state index contributed by atoms with van der Waals surface area (Å²) in [6.45, 7) is 9.03. The number of hydrogen-bond acceptors (Lipinski definition) is 2. The molecule has 0 atom stereocenters. The summed E-state index contributed by atoms with van der Waals surface area (Å²) in [6, 6.07) is 0. The van der Waals surface area contributed by atoms with Gasteiger partial charge < -0.3 is 0 Å². The summed E-state index contributed by atoms with van der Waals surface area (Å²) in [5.74, 6) is 0.728. The third-order valence-corrected chi connectivity index (χ3v) is 3.21. The molecule has 2 heteroatoms. The van der Waals surface area contributed by atoms with Crippen LogP contribution >= 0.6 is 12.8 Å². The van der Waals surface area contributed by atoms with Crippen molar-refractivity contribution in [2.45, 2.75) is 72.1 Å². The minimum atomic E-state index is 0.728. The van der Waals surface area contributed by atoms with Crippen LogP contribution < -0.4 is 0 Å². The van der Waals surface area contributed by atoms with E-state index in [0.29, 0.717) is 0 Å². The molecule has 0 spiro atoms. The highest BCUT2D eigenvalue weighted by Gasteiger charge is 2.01. The van der Waals surface area contributed by atoms with E-state index in [1.807, 2.05) is 0 Å². The first-order chi connectivity index (χ1) is 7.66. The normalized spacial score (nSPS) is 11.6. The molecule has 0 bridgehead atoms. The van der Waals surface area contributed by atoms with E-state index in [-0.39, 0.29) is 0 Å². The molecule has 0 heterocycles. The molecule has 16 heavy (non-hydrogen) atoms. The molecule has 0 aliphatic heterocycles. The van der Waals surface area contributed by atoms with Crippen LogP contribution in [0.25, 0.3) is 0 Å². The maximum absolute atomic E-state index is 4.47. The van der Waals surface area contributed by atoms with Crippen LogP contribution in [0.4, 0.5) is 0 Å². The van der Waals surface area contributed by atoms with Gasteiger partial charge in [-0.05, 0) is 12.3 Å². The Morgan fingerprint density at radius 1 is 0.875 bits per heavy atom. The number of rotatable bonds is 11. The SMILES string of the molecule is CCCCCCCCCCN(S)CC(C)C. The van der Waals surface area contributed by atoms with Crippen molar-refractivity contribution in [3.8, 4) is 0 Å². The Bertz CT molecular complexity index is 137. The van der Waals surface area contributed by atoms with E-state index in [1.165, 1.54) is 51.4 Å². The molecule has 0 unspecified atom stereocenters. The lowest BCUT2D eigenvalue weighted by Crippen LogP contribution is -2.19. The second kappa shape index (κ2) is 11.8. The van der Waals surface area contributed by atoms with Crippen LogP contribution in [-0.4, -0.2) is 17.4 Å². The first kappa shape index (κ1) is 16.3. The van der Waals surface area contributed by atoms with Gasteiger partial charge in [-0.2, -0.15) is 0 Å². The second-order valence-corrected chi connectivity index (χ2v) is 5.85. The summed E-state index contributed by atoms with van der Waals surface area (Å²) >= 11 is 4.47. The second-order valence-electron chi connectivity index (χ2n) is 5.28. The van der Waals surface area contributed by atoms with Crippen LogP contribution in [0.2, 0.25) is 0 Å². The fourth-order valence-corrected chi connectivity index (χ4v) is 2.41. The molecule has 0 aromatic heterocycles. The Hall–Kier alpha value is 0.310. The topological polar surface area (TPSA) is 3.24 Å². The molecule has 0 saturated carbocycles. The monoisotopic (exact) mass is 245 g/mol. The molecule has 0 radical (unpaired) electrons. The third kappa shape index (κ3) is 12.4. The van der Waals surface area contributed by atoms with Crippen molar-refractivity contribution in [3.05, 3.63) is 0 Å². The maximum atomic E-state index is 4.47. The molecular weight excluding hydrogens is 214 g/mol. The fourth-order valence-electron chi connectivity index (χ4n) is 1.94. The van der Waals surface area contributed by atoms with E-state index in [2.05, 4.69) is 37.9 Å². The van der Waals surface area contributed by atoms with Gasteiger partial charge >= 0.3 is 0 Å². The average molecular weight is 245 g/mol. The summed E-state index contributed by atoms with van der Waals surface area (Å²) in [7, 11) is 0. The molecule has 0 amide bonds. The zero-order chi connectivity index (χ0) is 12.2.